The van der Waals surface area contributed by atoms with Crippen molar-refractivity contribution >= 4 is 28.5 Å². The number of carbonyl (C=O) groups excluding carboxylic acids is 1. The van der Waals surface area contributed by atoms with Crippen LogP contribution in [0.1, 0.15) is 48.5 Å². The third kappa shape index (κ3) is 4.00. The van der Waals surface area contributed by atoms with Gasteiger partial charge in [0.25, 0.3) is 5.91 Å². The van der Waals surface area contributed by atoms with Crippen molar-refractivity contribution in [3.05, 3.63) is 74.6 Å². The summed E-state index contributed by atoms with van der Waals surface area (Å²) >= 11 is 6.26. The number of rotatable bonds is 8. The zero-order chi connectivity index (χ0) is 22.8. The first kappa shape index (κ1) is 22.4. The first-order valence-corrected chi connectivity index (χ1v) is 11.4. The number of hydrogen-bond donors (Lipinski definition) is 0. The van der Waals surface area contributed by atoms with Gasteiger partial charge in [-0.05, 0) is 49.8 Å². The number of halogens is 1. The molecule has 1 aromatic heterocycles. The normalized spacial score (nSPS) is 15.6. The first-order valence-electron chi connectivity index (χ1n) is 11.0. The van der Waals surface area contributed by atoms with Crippen LogP contribution in [0.3, 0.4) is 0 Å². The van der Waals surface area contributed by atoms with Crippen molar-refractivity contribution in [3.63, 3.8) is 0 Å². The van der Waals surface area contributed by atoms with Crippen LogP contribution in [-0.2, 0) is 0 Å². The second-order valence-corrected chi connectivity index (χ2v) is 8.18. The predicted octanol–water partition coefficient (Wildman–Crippen LogP) is 4.73. The van der Waals surface area contributed by atoms with Crippen molar-refractivity contribution in [2.45, 2.75) is 26.8 Å². The Bertz CT molecular complexity index is 1200. The highest BCUT2D eigenvalue weighted by molar-refractivity contribution is 6.30. The van der Waals surface area contributed by atoms with Crippen molar-refractivity contribution in [3.8, 4) is 5.75 Å². The number of likely N-dealkylation sites (N-methyl/N-ethyl adjacent to an activating group) is 1. The molecule has 0 bridgehead atoms. The van der Waals surface area contributed by atoms with Gasteiger partial charge < -0.3 is 19.0 Å². The summed E-state index contributed by atoms with van der Waals surface area (Å²) in [5.41, 5.74) is 1.31. The van der Waals surface area contributed by atoms with Crippen molar-refractivity contribution < 1.29 is 13.9 Å². The Hall–Kier alpha value is -2.83. The van der Waals surface area contributed by atoms with Crippen molar-refractivity contribution in [1.82, 2.24) is 9.80 Å². The van der Waals surface area contributed by atoms with Gasteiger partial charge in [-0.2, -0.15) is 0 Å². The summed E-state index contributed by atoms with van der Waals surface area (Å²) in [6.45, 7) is 9.50. The molecule has 0 saturated heterocycles. The van der Waals surface area contributed by atoms with Gasteiger partial charge in [0, 0.05) is 24.2 Å². The fraction of sp³-hybridized carbons (Fsp3) is 0.360. The van der Waals surface area contributed by atoms with Crippen molar-refractivity contribution in [2.24, 2.45) is 0 Å². The molecule has 1 amide bonds. The molecule has 168 valence electrons. The molecule has 3 aromatic rings. The minimum absolute atomic E-state index is 0.0978. The minimum atomic E-state index is -0.543. The van der Waals surface area contributed by atoms with E-state index in [1.165, 1.54) is 0 Å². The van der Waals surface area contributed by atoms with E-state index in [1.54, 1.807) is 35.2 Å². The van der Waals surface area contributed by atoms with E-state index >= 15 is 0 Å². The van der Waals surface area contributed by atoms with Gasteiger partial charge >= 0.3 is 0 Å². The Labute approximate surface area is 192 Å². The minimum Gasteiger partial charge on any atom is -0.494 e. The molecule has 1 aliphatic heterocycles. The molecule has 7 heteroatoms. The largest absolute Gasteiger partial charge is 0.494 e. The van der Waals surface area contributed by atoms with Crippen LogP contribution < -0.4 is 10.2 Å². The Balaban J connectivity index is 1.86. The lowest BCUT2D eigenvalue weighted by molar-refractivity contribution is 0.0708. The fourth-order valence-corrected chi connectivity index (χ4v) is 4.50. The lowest BCUT2D eigenvalue weighted by Crippen LogP contribution is -2.37. The highest BCUT2D eigenvalue weighted by Gasteiger charge is 2.42. The molecule has 0 N–H and O–H groups in total. The summed E-state index contributed by atoms with van der Waals surface area (Å²) in [6.07, 6.45) is 0. The topological polar surface area (TPSA) is 63.0 Å². The molecule has 0 aliphatic carbocycles. The molecule has 0 fully saturated rings. The van der Waals surface area contributed by atoms with Crippen LogP contribution in [0, 0.1) is 0 Å². The van der Waals surface area contributed by atoms with E-state index in [4.69, 9.17) is 20.8 Å². The van der Waals surface area contributed by atoms with E-state index in [9.17, 15) is 9.59 Å². The van der Waals surface area contributed by atoms with E-state index in [1.807, 2.05) is 19.1 Å². The number of fused-ring (bicyclic) bond motifs is 2. The van der Waals surface area contributed by atoms with Gasteiger partial charge in [-0.25, -0.2) is 0 Å². The molecule has 0 spiro atoms. The molecule has 1 atom stereocenters. The van der Waals surface area contributed by atoms with Crippen molar-refractivity contribution in [2.75, 3.05) is 32.8 Å². The van der Waals surface area contributed by atoms with Gasteiger partial charge in [0.15, 0.2) is 5.43 Å². The second-order valence-electron chi connectivity index (χ2n) is 7.75. The molecule has 32 heavy (non-hydrogen) atoms. The van der Waals surface area contributed by atoms with Crippen LogP contribution in [-0.4, -0.2) is 48.5 Å². The third-order valence-corrected chi connectivity index (χ3v) is 6.20. The highest BCUT2D eigenvalue weighted by atomic mass is 35.5. The first-order chi connectivity index (χ1) is 15.5. The zero-order valence-corrected chi connectivity index (χ0v) is 19.3. The number of nitrogens with zero attached hydrogens (tertiary/aromatic N) is 2. The molecule has 0 radical (unpaired) electrons. The maximum Gasteiger partial charge on any atom is 0.290 e. The molecule has 1 aliphatic rings. The number of carbonyl (C=O) groups is 1. The molecular formula is C25H27ClN2O4. The zero-order valence-electron chi connectivity index (χ0n) is 18.6. The van der Waals surface area contributed by atoms with Gasteiger partial charge in [-0.1, -0.05) is 37.6 Å². The van der Waals surface area contributed by atoms with Crippen LogP contribution >= 0.6 is 11.6 Å². The van der Waals surface area contributed by atoms with E-state index in [0.29, 0.717) is 47.0 Å². The number of ether oxygens (including phenoxy) is 1. The van der Waals surface area contributed by atoms with E-state index < -0.39 is 6.04 Å². The molecule has 2 heterocycles. The van der Waals surface area contributed by atoms with Crippen LogP contribution in [0.15, 0.2) is 51.7 Å². The van der Waals surface area contributed by atoms with E-state index in [2.05, 4.69) is 18.7 Å². The average molecular weight is 455 g/mol. The molecule has 1 unspecified atom stereocenters. The number of hydrogen-bond acceptors (Lipinski definition) is 5. The van der Waals surface area contributed by atoms with E-state index in [0.717, 1.165) is 18.7 Å². The Morgan fingerprint density at radius 1 is 1.09 bits per heavy atom. The predicted molar refractivity (Wildman–Crippen MR) is 126 cm³/mol. The highest BCUT2D eigenvalue weighted by Crippen LogP contribution is 2.39. The summed E-state index contributed by atoms with van der Waals surface area (Å²) in [4.78, 5) is 31.0. The molecule has 2 aromatic carbocycles. The second kappa shape index (κ2) is 9.35. The quantitative estimate of drug-likeness (QED) is 0.492. The summed E-state index contributed by atoms with van der Waals surface area (Å²) in [5, 5.41) is 0.983. The summed E-state index contributed by atoms with van der Waals surface area (Å²) < 4.78 is 11.6. The number of benzene rings is 2. The fourth-order valence-electron chi connectivity index (χ4n) is 4.30. The monoisotopic (exact) mass is 454 g/mol. The van der Waals surface area contributed by atoms with Crippen LogP contribution in [0.2, 0.25) is 5.02 Å². The van der Waals surface area contributed by atoms with Gasteiger partial charge in [-0.15, -0.1) is 0 Å². The standard InChI is InChI=1S/C25H27ClN2O4/c1-4-27(5-2)12-13-28-22(16-8-7-9-17(26)14-16)21-23(29)19-11-10-18(31-6-3)15-20(19)32-24(21)25(28)30/h7-11,14-15,22H,4-6,12-13H2,1-3H3. The van der Waals surface area contributed by atoms with Gasteiger partial charge in [0.2, 0.25) is 5.76 Å². The summed E-state index contributed by atoms with van der Waals surface area (Å²) in [7, 11) is 0. The van der Waals surface area contributed by atoms with Gasteiger partial charge in [0.05, 0.1) is 23.6 Å². The van der Waals surface area contributed by atoms with Gasteiger partial charge in [-0.3, -0.25) is 9.59 Å². The molecular weight excluding hydrogens is 428 g/mol. The summed E-state index contributed by atoms with van der Waals surface area (Å²) in [6, 6.07) is 11.9. The summed E-state index contributed by atoms with van der Waals surface area (Å²) in [5.74, 6) is 0.414. The van der Waals surface area contributed by atoms with Crippen molar-refractivity contribution in [1.29, 1.82) is 0 Å². The molecule has 4 rings (SSSR count). The van der Waals surface area contributed by atoms with E-state index in [-0.39, 0.29) is 17.1 Å². The lowest BCUT2D eigenvalue weighted by Gasteiger charge is -2.28. The van der Waals surface area contributed by atoms with Gasteiger partial charge in [0.1, 0.15) is 11.3 Å². The van der Waals surface area contributed by atoms with Crippen LogP contribution in [0.25, 0.3) is 11.0 Å². The maximum absolute atomic E-state index is 13.6. The third-order valence-electron chi connectivity index (χ3n) is 5.97. The Morgan fingerprint density at radius 2 is 1.88 bits per heavy atom. The smallest absolute Gasteiger partial charge is 0.290 e. The number of amides is 1. The SMILES string of the molecule is CCOc1ccc2c(=O)c3c(oc2c1)C(=O)N(CCN(CC)CC)C3c1cccc(Cl)c1. The average Bonchev–Trinajstić information content (AvgIpc) is 3.07. The Morgan fingerprint density at radius 3 is 2.56 bits per heavy atom. The molecule has 0 saturated carbocycles. The van der Waals surface area contributed by atoms with Crippen LogP contribution in [0.4, 0.5) is 0 Å². The van der Waals surface area contributed by atoms with Crippen LogP contribution in [0.5, 0.6) is 5.75 Å². The maximum atomic E-state index is 13.6. The lowest BCUT2D eigenvalue weighted by atomic mass is 9.98. The Kier molecular flexibility index (Phi) is 6.53. The molecule has 6 nitrogen and oxygen atoms in total.